The van der Waals surface area contributed by atoms with Crippen molar-refractivity contribution in [3.05, 3.63) is 54.0 Å². The highest BCUT2D eigenvalue weighted by Crippen LogP contribution is 2.36. The van der Waals surface area contributed by atoms with Gasteiger partial charge in [0.2, 0.25) is 0 Å². The third-order valence-electron chi connectivity index (χ3n) is 5.53. The van der Waals surface area contributed by atoms with Gasteiger partial charge >= 0.3 is 6.03 Å². The summed E-state index contributed by atoms with van der Waals surface area (Å²) >= 11 is 0. The van der Waals surface area contributed by atoms with Crippen LogP contribution >= 0.6 is 0 Å². The van der Waals surface area contributed by atoms with Crippen LogP contribution in [0.1, 0.15) is 37.0 Å². The molecule has 0 radical (unpaired) electrons. The maximum absolute atomic E-state index is 12.4. The van der Waals surface area contributed by atoms with Gasteiger partial charge in [0.25, 0.3) is 0 Å². The Kier molecular flexibility index (Phi) is 4.49. The van der Waals surface area contributed by atoms with Crippen molar-refractivity contribution in [3.8, 4) is 0 Å². The molecule has 2 aromatic rings. The standard InChI is InChI=1S/C20H25N3O2/c1-14-5-2-3-7-19(14)22-20(24)21-15-11-16-8-9-17(12-15)23(16)13-18-6-4-10-25-18/h2-7,10,15-17H,8-9,11-13H2,1H3,(H2,21,22,24)/t15?,16-,17+. The van der Waals surface area contributed by atoms with E-state index in [1.54, 1.807) is 6.26 Å². The van der Waals surface area contributed by atoms with E-state index in [0.717, 1.165) is 36.4 Å². The molecular weight excluding hydrogens is 314 g/mol. The second kappa shape index (κ2) is 6.92. The van der Waals surface area contributed by atoms with Gasteiger partial charge in [0.15, 0.2) is 0 Å². The third kappa shape index (κ3) is 3.56. The van der Waals surface area contributed by atoms with E-state index in [4.69, 9.17) is 4.42 Å². The number of fused-ring (bicyclic) bond motifs is 2. The smallest absolute Gasteiger partial charge is 0.319 e. The number of furan rings is 1. The summed E-state index contributed by atoms with van der Waals surface area (Å²) in [7, 11) is 0. The molecule has 0 spiro atoms. The topological polar surface area (TPSA) is 57.5 Å². The van der Waals surface area contributed by atoms with E-state index in [1.807, 2.05) is 43.3 Å². The van der Waals surface area contributed by atoms with Crippen molar-refractivity contribution in [1.29, 1.82) is 0 Å². The molecule has 2 N–H and O–H groups in total. The molecule has 1 aromatic carbocycles. The Labute approximate surface area is 148 Å². The summed E-state index contributed by atoms with van der Waals surface area (Å²) in [6.45, 7) is 2.88. The van der Waals surface area contributed by atoms with Gasteiger partial charge in [-0.25, -0.2) is 4.79 Å². The van der Waals surface area contributed by atoms with Crippen LogP contribution < -0.4 is 10.6 Å². The number of piperidine rings is 1. The van der Waals surface area contributed by atoms with E-state index in [1.165, 1.54) is 12.8 Å². The van der Waals surface area contributed by atoms with E-state index >= 15 is 0 Å². The van der Waals surface area contributed by atoms with Crippen LogP contribution in [-0.2, 0) is 6.54 Å². The molecule has 0 aliphatic carbocycles. The third-order valence-corrected chi connectivity index (χ3v) is 5.53. The molecule has 5 heteroatoms. The lowest BCUT2D eigenvalue weighted by Gasteiger charge is -2.38. The minimum absolute atomic E-state index is 0.0989. The molecule has 25 heavy (non-hydrogen) atoms. The van der Waals surface area contributed by atoms with Gasteiger partial charge in [-0.05, 0) is 56.4 Å². The van der Waals surface area contributed by atoms with E-state index in [9.17, 15) is 4.79 Å². The van der Waals surface area contributed by atoms with Crippen LogP contribution in [0, 0.1) is 6.92 Å². The zero-order valence-corrected chi connectivity index (χ0v) is 14.6. The first-order valence-electron chi connectivity index (χ1n) is 9.10. The number of aryl methyl sites for hydroxylation is 1. The monoisotopic (exact) mass is 339 g/mol. The Balaban J connectivity index is 1.33. The molecular formula is C20H25N3O2. The van der Waals surface area contributed by atoms with Crippen molar-refractivity contribution < 1.29 is 9.21 Å². The van der Waals surface area contributed by atoms with E-state index in [-0.39, 0.29) is 12.1 Å². The number of carbonyl (C=O) groups excluding carboxylic acids is 1. The summed E-state index contributed by atoms with van der Waals surface area (Å²) in [4.78, 5) is 14.9. The van der Waals surface area contributed by atoms with Gasteiger partial charge < -0.3 is 15.1 Å². The maximum atomic E-state index is 12.4. The summed E-state index contributed by atoms with van der Waals surface area (Å²) in [6.07, 6.45) is 6.18. The van der Waals surface area contributed by atoms with E-state index in [2.05, 4.69) is 15.5 Å². The van der Waals surface area contributed by atoms with E-state index < -0.39 is 0 Å². The minimum Gasteiger partial charge on any atom is -0.468 e. The average molecular weight is 339 g/mol. The highest BCUT2D eigenvalue weighted by Gasteiger charge is 2.41. The number of amides is 2. The molecule has 2 aliphatic rings. The predicted molar refractivity (Wildman–Crippen MR) is 97.4 cm³/mol. The van der Waals surface area contributed by atoms with Crippen LogP contribution in [0.3, 0.4) is 0 Å². The molecule has 2 saturated heterocycles. The second-order valence-electron chi connectivity index (χ2n) is 7.22. The molecule has 2 aliphatic heterocycles. The number of para-hydroxylation sites is 1. The second-order valence-corrected chi connectivity index (χ2v) is 7.22. The first kappa shape index (κ1) is 16.2. The minimum atomic E-state index is -0.0989. The maximum Gasteiger partial charge on any atom is 0.319 e. The van der Waals surface area contributed by atoms with Crippen LogP contribution in [0.15, 0.2) is 47.1 Å². The fourth-order valence-corrected chi connectivity index (χ4v) is 4.29. The molecule has 2 bridgehead atoms. The molecule has 2 amide bonds. The summed E-state index contributed by atoms with van der Waals surface area (Å²) in [6, 6.07) is 13.1. The van der Waals surface area contributed by atoms with E-state index in [0.29, 0.717) is 12.1 Å². The number of carbonyl (C=O) groups is 1. The van der Waals surface area contributed by atoms with Crippen molar-refractivity contribution in [2.45, 2.75) is 57.3 Å². The fraction of sp³-hybridized carbons (Fsp3) is 0.450. The van der Waals surface area contributed by atoms with Crippen molar-refractivity contribution in [3.63, 3.8) is 0 Å². The van der Waals surface area contributed by atoms with Crippen LogP contribution in [-0.4, -0.2) is 29.1 Å². The lowest BCUT2D eigenvalue weighted by atomic mass is 9.97. The zero-order valence-electron chi connectivity index (χ0n) is 14.6. The van der Waals surface area contributed by atoms with Crippen LogP contribution in [0.4, 0.5) is 10.5 Å². The molecule has 132 valence electrons. The van der Waals surface area contributed by atoms with Crippen molar-refractivity contribution in [2.75, 3.05) is 5.32 Å². The summed E-state index contributed by atoms with van der Waals surface area (Å²) < 4.78 is 5.51. The van der Waals surface area contributed by atoms with Crippen LogP contribution in [0.2, 0.25) is 0 Å². The highest BCUT2D eigenvalue weighted by atomic mass is 16.3. The van der Waals surface area contributed by atoms with Crippen molar-refractivity contribution >= 4 is 11.7 Å². The number of anilines is 1. The lowest BCUT2D eigenvalue weighted by Crippen LogP contribution is -2.50. The van der Waals surface area contributed by atoms with Gasteiger partial charge in [-0.1, -0.05) is 18.2 Å². The van der Waals surface area contributed by atoms with Crippen molar-refractivity contribution in [2.24, 2.45) is 0 Å². The van der Waals surface area contributed by atoms with Crippen LogP contribution in [0.25, 0.3) is 0 Å². The Morgan fingerprint density at radius 3 is 2.60 bits per heavy atom. The molecule has 5 nitrogen and oxygen atoms in total. The Hall–Kier alpha value is -2.27. The van der Waals surface area contributed by atoms with Gasteiger partial charge in [-0.3, -0.25) is 4.90 Å². The average Bonchev–Trinajstić information content (AvgIpc) is 3.17. The number of benzene rings is 1. The van der Waals surface area contributed by atoms with Gasteiger partial charge in [-0.15, -0.1) is 0 Å². The van der Waals surface area contributed by atoms with Crippen molar-refractivity contribution in [1.82, 2.24) is 10.2 Å². The SMILES string of the molecule is Cc1ccccc1NC(=O)NC1C[C@H]2CC[C@@H](C1)N2Cc1ccco1. The number of nitrogens with one attached hydrogen (secondary N) is 2. The number of urea groups is 1. The normalized spacial score (nSPS) is 25.7. The first-order valence-corrected chi connectivity index (χ1v) is 9.10. The van der Waals surface area contributed by atoms with Gasteiger partial charge in [0.1, 0.15) is 5.76 Å². The number of hydrogen-bond donors (Lipinski definition) is 2. The Morgan fingerprint density at radius 2 is 1.92 bits per heavy atom. The Morgan fingerprint density at radius 1 is 1.16 bits per heavy atom. The van der Waals surface area contributed by atoms with Gasteiger partial charge in [0, 0.05) is 23.8 Å². The Bertz CT molecular complexity index is 714. The summed E-state index contributed by atoms with van der Waals surface area (Å²) in [5.41, 5.74) is 1.95. The molecule has 2 fully saturated rings. The fourth-order valence-electron chi connectivity index (χ4n) is 4.29. The molecule has 1 unspecified atom stereocenters. The van der Waals surface area contributed by atoms with Crippen LogP contribution in [0.5, 0.6) is 0 Å². The largest absolute Gasteiger partial charge is 0.468 e. The molecule has 3 heterocycles. The predicted octanol–water partition coefficient (Wildman–Crippen LogP) is 3.91. The van der Waals surface area contributed by atoms with Gasteiger partial charge in [-0.2, -0.15) is 0 Å². The molecule has 4 rings (SSSR count). The number of hydrogen-bond acceptors (Lipinski definition) is 3. The summed E-state index contributed by atoms with van der Waals surface area (Å²) in [5.74, 6) is 1.03. The number of rotatable bonds is 4. The summed E-state index contributed by atoms with van der Waals surface area (Å²) in [5, 5.41) is 6.15. The molecule has 3 atom stereocenters. The molecule has 1 aromatic heterocycles. The number of nitrogens with zero attached hydrogens (tertiary/aromatic N) is 1. The zero-order chi connectivity index (χ0) is 17.2. The van der Waals surface area contributed by atoms with Gasteiger partial charge in [0.05, 0.1) is 12.8 Å². The lowest BCUT2D eigenvalue weighted by molar-refractivity contribution is 0.104. The first-order chi connectivity index (χ1) is 12.2. The molecule has 0 saturated carbocycles. The highest BCUT2D eigenvalue weighted by molar-refractivity contribution is 5.90. The quantitative estimate of drug-likeness (QED) is 0.888.